The highest BCUT2D eigenvalue weighted by molar-refractivity contribution is 7.99. The number of fused-ring (bicyclic) bond motifs is 1. The van der Waals surface area contributed by atoms with E-state index in [-0.39, 0.29) is 5.25 Å². The summed E-state index contributed by atoms with van der Waals surface area (Å²) in [5.41, 5.74) is 3.40. The van der Waals surface area contributed by atoms with Gasteiger partial charge in [0.15, 0.2) is 0 Å². The first-order chi connectivity index (χ1) is 17.7. The summed E-state index contributed by atoms with van der Waals surface area (Å²) in [5, 5.41) is 0.826. The Hall–Kier alpha value is -2.27. The molecule has 0 saturated carbocycles. The fourth-order valence-electron chi connectivity index (χ4n) is 4.64. The number of benzene rings is 3. The molecule has 3 nitrogen and oxygen atoms in total. The minimum atomic E-state index is 0.0936. The van der Waals surface area contributed by atoms with Gasteiger partial charge in [-0.1, -0.05) is 86.8 Å². The van der Waals surface area contributed by atoms with Gasteiger partial charge in [0.2, 0.25) is 0 Å². The molecule has 0 aliphatic heterocycles. The molecule has 0 aliphatic rings. The molecule has 0 bridgehead atoms. The molecule has 190 valence electrons. The van der Waals surface area contributed by atoms with Crippen molar-refractivity contribution in [3.8, 4) is 0 Å². The van der Waals surface area contributed by atoms with Crippen molar-refractivity contribution < 1.29 is 0 Å². The molecular weight excluding hydrogens is 482 g/mol. The molecule has 1 atom stereocenters. The molecule has 0 saturated heterocycles. The summed E-state index contributed by atoms with van der Waals surface area (Å²) in [4.78, 5) is 9.08. The van der Waals surface area contributed by atoms with E-state index in [0.717, 1.165) is 41.4 Å². The Labute approximate surface area is 225 Å². The van der Waals surface area contributed by atoms with E-state index in [0.29, 0.717) is 0 Å². The summed E-state index contributed by atoms with van der Waals surface area (Å²) in [7, 11) is 0. The van der Waals surface area contributed by atoms with E-state index in [2.05, 4.69) is 90.0 Å². The molecular formula is C31H38ClN3S. The zero-order chi connectivity index (χ0) is 25.2. The van der Waals surface area contributed by atoms with Crippen LogP contribution in [-0.4, -0.2) is 34.1 Å². The van der Waals surface area contributed by atoms with Crippen LogP contribution in [0.4, 0.5) is 0 Å². The average molecular weight is 520 g/mol. The van der Waals surface area contributed by atoms with Gasteiger partial charge in [0.1, 0.15) is 5.82 Å². The van der Waals surface area contributed by atoms with E-state index in [1.807, 2.05) is 23.9 Å². The molecule has 1 unspecified atom stereocenters. The molecule has 0 fully saturated rings. The van der Waals surface area contributed by atoms with E-state index < -0.39 is 0 Å². The van der Waals surface area contributed by atoms with Crippen LogP contribution in [0.5, 0.6) is 0 Å². The number of unbranched alkanes of at least 4 members (excludes halogenated alkanes) is 2. The molecule has 0 radical (unpaired) electrons. The first-order valence-electron chi connectivity index (χ1n) is 13.3. The predicted molar refractivity (Wildman–Crippen MR) is 156 cm³/mol. The van der Waals surface area contributed by atoms with E-state index in [1.165, 1.54) is 49.2 Å². The maximum absolute atomic E-state index is 6.39. The van der Waals surface area contributed by atoms with Crippen molar-refractivity contribution in [2.75, 3.05) is 19.6 Å². The molecule has 0 aliphatic carbocycles. The highest BCUT2D eigenvalue weighted by Crippen LogP contribution is 2.41. The second-order valence-electron chi connectivity index (χ2n) is 9.38. The van der Waals surface area contributed by atoms with E-state index >= 15 is 0 Å². The van der Waals surface area contributed by atoms with E-state index in [4.69, 9.17) is 16.6 Å². The van der Waals surface area contributed by atoms with Gasteiger partial charge in [0, 0.05) is 16.5 Å². The van der Waals surface area contributed by atoms with Crippen molar-refractivity contribution in [3.63, 3.8) is 0 Å². The van der Waals surface area contributed by atoms with Gasteiger partial charge in [-0.3, -0.25) is 0 Å². The number of thioether (sulfide) groups is 1. The van der Waals surface area contributed by atoms with Gasteiger partial charge in [-0.25, -0.2) is 4.98 Å². The topological polar surface area (TPSA) is 21.1 Å². The van der Waals surface area contributed by atoms with Crippen LogP contribution in [0, 0.1) is 0 Å². The number of rotatable bonds is 14. The second-order valence-corrected chi connectivity index (χ2v) is 11.0. The number of hydrogen-bond acceptors (Lipinski definition) is 3. The fraction of sp³-hybridized carbons (Fsp3) is 0.387. The molecule has 4 rings (SSSR count). The van der Waals surface area contributed by atoms with Crippen LogP contribution in [0.1, 0.15) is 62.6 Å². The summed E-state index contributed by atoms with van der Waals surface area (Å²) in [6.45, 7) is 9.01. The first-order valence-corrected chi connectivity index (χ1v) is 14.6. The van der Waals surface area contributed by atoms with Gasteiger partial charge in [-0.2, -0.15) is 0 Å². The molecule has 1 aromatic heterocycles. The minimum Gasteiger partial charge on any atom is -0.327 e. The van der Waals surface area contributed by atoms with Crippen molar-refractivity contribution in [3.05, 3.63) is 95.3 Å². The molecule has 4 aromatic rings. The quantitative estimate of drug-likeness (QED) is 0.155. The SMILES string of the molecule is CCCCN(CCCC)CCCn1c(C(Sc2ccccc2)c2ccccc2)nc2cc(Cl)ccc21. The van der Waals surface area contributed by atoms with Gasteiger partial charge < -0.3 is 9.47 Å². The van der Waals surface area contributed by atoms with Crippen LogP contribution in [-0.2, 0) is 6.54 Å². The highest BCUT2D eigenvalue weighted by atomic mass is 35.5. The Balaban J connectivity index is 1.66. The van der Waals surface area contributed by atoms with Crippen LogP contribution >= 0.6 is 23.4 Å². The largest absolute Gasteiger partial charge is 0.327 e. The third-order valence-electron chi connectivity index (χ3n) is 6.59. The van der Waals surface area contributed by atoms with Crippen LogP contribution in [0.3, 0.4) is 0 Å². The van der Waals surface area contributed by atoms with Gasteiger partial charge in [-0.15, -0.1) is 11.8 Å². The van der Waals surface area contributed by atoms with Crippen LogP contribution in [0.15, 0.2) is 83.8 Å². The van der Waals surface area contributed by atoms with Crippen molar-refractivity contribution in [2.45, 2.75) is 62.6 Å². The fourth-order valence-corrected chi connectivity index (χ4v) is 5.97. The lowest BCUT2D eigenvalue weighted by Crippen LogP contribution is -2.28. The van der Waals surface area contributed by atoms with Gasteiger partial charge >= 0.3 is 0 Å². The zero-order valence-corrected chi connectivity index (χ0v) is 23.1. The molecule has 0 N–H and O–H groups in total. The van der Waals surface area contributed by atoms with E-state index in [9.17, 15) is 0 Å². The Kier molecular flexibility index (Phi) is 10.3. The molecule has 0 spiro atoms. The molecule has 36 heavy (non-hydrogen) atoms. The molecule has 0 amide bonds. The predicted octanol–water partition coefficient (Wildman–Crippen LogP) is 8.86. The van der Waals surface area contributed by atoms with Crippen LogP contribution in [0.25, 0.3) is 11.0 Å². The zero-order valence-electron chi connectivity index (χ0n) is 21.6. The Morgan fingerprint density at radius 2 is 1.47 bits per heavy atom. The third kappa shape index (κ3) is 7.15. The summed E-state index contributed by atoms with van der Waals surface area (Å²) in [6, 6.07) is 27.5. The lowest BCUT2D eigenvalue weighted by atomic mass is 10.1. The smallest absolute Gasteiger partial charge is 0.127 e. The number of halogens is 1. The minimum absolute atomic E-state index is 0.0936. The third-order valence-corrected chi connectivity index (χ3v) is 8.08. The second kappa shape index (κ2) is 13.9. The summed E-state index contributed by atoms with van der Waals surface area (Å²) >= 11 is 8.25. The maximum atomic E-state index is 6.39. The van der Waals surface area contributed by atoms with Gasteiger partial charge in [0.05, 0.1) is 16.3 Å². The van der Waals surface area contributed by atoms with Crippen LogP contribution in [0.2, 0.25) is 5.02 Å². The number of nitrogens with zero attached hydrogens (tertiary/aromatic N) is 3. The highest BCUT2D eigenvalue weighted by Gasteiger charge is 2.23. The normalized spacial score (nSPS) is 12.4. The average Bonchev–Trinajstić information content (AvgIpc) is 3.26. The van der Waals surface area contributed by atoms with Crippen molar-refractivity contribution in [2.24, 2.45) is 0 Å². The molecule has 3 aromatic carbocycles. The molecule has 1 heterocycles. The van der Waals surface area contributed by atoms with Gasteiger partial charge in [-0.05, 0) is 74.8 Å². The first kappa shape index (κ1) is 26.8. The van der Waals surface area contributed by atoms with Crippen molar-refractivity contribution >= 4 is 34.4 Å². The Bertz CT molecular complexity index is 1180. The summed E-state index contributed by atoms with van der Waals surface area (Å²) in [5.74, 6) is 1.10. The maximum Gasteiger partial charge on any atom is 0.127 e. The van der Waals surface area contributed by atoms with Crippen LogP contribution < -0.4 is 0 Å². The number of imidazole rings is 1. The van der Waals surface area contributed by atoms with E-state index in [1.54, 1.807) is 0 Å². The molecule has 5 heteroatoms. The lowest BCUT2D eigenvalue weighted by molar-refractivity contribution is 0.257. The Morgan fingerprint density at radius 1 is 0.833 bits per heavy atom. The summed E-state index contributed by atoms with van der Waals surface area (Å²) < 4.78 is 2.44. The van der Waals surface area contributed by atoms with Crippen molar-refractivity contribution in [1.29, 1.82) is 0 Å². The van der Waals surface area contributed by atoms with Gasteiger partial charge in [0.25, 0.3) is 0 Å². The Morgan fingerprint density at radius 3 is 2.14 bits per heavy atom. The van der Waals surface area contributed by atoms with Crippen molar-refractivity contribution in [1.82, 2.24) is 14.5 Å². The summed E-state index contributed by atoms with van der Waals surface area (Å²) in [6.07, 6.45) is 6.13. The number of hydrogen-bond donors (Lipinski definition) is 0. The lowest BCUT2D eigenvalue weighted by Gasteiger charge is -2.23. The monoisotopic (exact) mass is 519 g/mol. The standard InChI is InChI=1S/C31H38ClN3S/c1-3-5-20-34(21-6-4-2)22-13-23-35-29-19-18-26(32)24-28(29)33-31(35)30(25-14-9-7-10-15-25)36-27-16-11-8-12-17-27/h7-12,14-19,24,30H,3-6,13,20-23H2,1-2H3. The number of aromatic nitrogens is 2. The number of aryl methyl sites for hydroxylation is 1.